The molecule has 4 heteroatoms. The first-order valence-electron chi connectivity index (χ1n) is 10.9. The first-order valence-corrected chi connectivity index (χ1v) is 10.9. The number of fused-ring (bicyclic) bond motifs is 5. The van der Waals surface area contributed by atoms with Crippen LogP contribution in [0.4, 0.5) is 0 Å². The highest BCUT2D eigenvalue weighted by Crippen LogP contribution is 2.64. The molecule has 0 spiro atoms. The standard InChI is InChI=1S/C23H35NO3/c1-14(25)24-21-8-7-19-18-6-5-16-13-17(27-15(2)26)9-11-22(16,3)20(18)10-12-23(19,21)4/h5,17-21H,6-13H2,1-4H3,(H,24,25)/t17?,18?,19?,20?,21?,22-,23-/m0/s1. The van der Waals surface area contributed by atoms with Crippen LogP contribution in [-0.4, -0.2) is 24.0 Å². The van der Waals surface area contributed by atoms with Crippen molar-refractivity contribution in [3.05, 3.63) is 11.6 Å². The summed E-state index contributed by atoms with van der Waals surface area (Å²) in [5.74, 6) is 2.16. The zero-order valence-corrected chi connectivity index (χ0v) is 17.3. The van der Waals surface area contributed by atoms with Gasteiger partial charge in [-0.2, -0.15) is 0 Å². The molecule has 0 bridgehead atoms. The lowest BCUT2D eigenvalue weighted by atomic mass is 9.48. The first kappa shape index (κ1) is 19.0. The lowest BCUT2D eigenvalue weighted by Gasteiger charge is -2.58. The molecule has 4 aliphatic carbocycles. The van der Waals surface area contributed by atoms with Crippen LogP contribution in [0.3, 0.4) is 0 Å². The van der Waals surface area contributed by atoms with Crippen molar-refractivity contribution in [2.45, 2.75) is 91.2 Å². The summed E-state index contributed by atoms with van der Waals surface area (Å²) in [5.41, 5.74) is 2.07. The molecule has 1 amide bonds. The van der Waals surface area contributed by atoms with Crippen molar-refractivity contribution in [1.29, 1.82) is 0 Å². The van der Waals surface area contributed by atoms with Gasteiger partial charge in [-0.05, 0) is 73.5 Å². The molecule has 5 unspecified atom stereocenters. The van der Waals surface area contributed by atoms with Crippen LogP contribution in [0.2, 0.25) is 0 Å². The van der Waals surface area contributed by atoms with Gasteiger partial charge in [0.15, 0.2) is 0 Å². The fourth-order valence-electron chi connectivity index (χ4n) is 7.45. The maximum Gasteiger partial charge on any atom is 0.302 e. The fourth-order valence-corrected chi connectivity index (χ4v) is 7.45. The number of rotatable bonds is 2. The summed E-state index contributed by atoms with van der Waals surface area (Å²) < 4.78 is 5.54. The van der Waals surface area contributed by atoms with E-state index in [-0.39, 0.29) is 28.8 Å². The van der Waals surface area contributed by atoms with Gasteiger partial charge < -0.3 is 10.1 Å². The van der Waals surface area contributed by atoms with Crippen molar-refractivity contribution >= 4 is 11.9 Å². The Morgan fingerprint density at radius 3 is 2.56 bits per heavy atom. The Morgan fingerprint density at radius 1 is 1.07 bits per heavy atom. The molecule has 150 valence electrons. The Kier molecular flexibility index (Phi) is 4.67. The van der Waals surface area contributed by atoms with E-state index >= 15 is 0 Å². The van der Waals surface area contributed by atoms with E-state index in [2.05, 4.69) is 25.2 Å². The quantitative estimate of drug-likeness (QED) is 0.577. The lowest BCUT2D eigenvalue weighted by Crippen LogP contribution is -2.53. The summed E-state index contributed by atoms with van der Waals surface area (Å²) in [6.07, 6.45) is 11.6. The molecule has 0 aromatic rings. The summed E-state index contributed by atoms with van der Waals surface area (Å²) in [4.78, 5) is 23.1. The Bertz CT molecular complexity index is 671. The SMILES string of the molecule is CC(=O)NC1CCC2C3CC=C4CC(OC(C)=O)CC[C@]4(C)C3CC[C@]12C. The molecule has 3 fully saturated rings. The summed E-state index contributed by atoms with van der Waals surface area (Å²) in [7, 11) is 0. The lowest BCUT2D eigenvalue weighted by molar-refractivity contribution is -0.148. The van der Waals surface area contributed by atoms with Crippen LogP contribution in [0.1, 0.15) is 79.1 Å². The molecule has 0 aromatic carbocycles. The molecule has 0 radical (unpaired) electrons. The number of hydrogen-bond donors (Lipinski definition) is 1. The van der Waals surface area contributed by atoms with Crippen LogP contribution in [0.25, 0.3) is 0 Å². The number of nitrogens with one attached hydrogen (secondary N) is 1. The van der Waals surface area contributed by atoms with Crippen molar-refractivity contribution in [2.75, 3.05) is 0 Å². The summed E-state index contributed by atoms with van der Waals surface area (Å²) in [6.45, 7) is 8.08. The van der Waals surface area contributed by atoms with Crippen molar-refractivity contribution in [2.24, 2.45) is 28.6 Å². The molecule has 27 heavy (non-hydrogen) atoms. The third kappa shape index (κ3) is 3.03. The van der Waals surface area contributed by atoms with Gasteiger partial charge in [-0.25, -0.2) is 0 Å². The molecule has 7 atom stereocenters. The Labute approximate surface area is 163 Å². The van der Waals surface area contributed by atoms with Crippen molar-refractivity contribution in [1.82, 2.24) is 5.32 Å². The van der Waals surface area contributed by atoms with Gasteiger partial charge in [0.25, 0.3) is 0 Å². The minimum atomic E-state index is -0.152. The monoisotopic (exact) mass is 373 g/mol. The van der Waals surface area contributed by atoms with Gasteiger partial charge in [0.2, 0.25) is 5.91 Å². The minimum absolute atomic E-state index is 0.0721. The first-order chi connectivity index (χ1) is 12.7. The Balaban J connectivity index is 1.55. The van der Waals surface area contributed by atoms with Gasteiger partial charge in [-0.15, -0.1) is 0 Å². The predicted octanol–water partition coefficient (Wildman–Crippen LogP) is 4.39. The second-order valence-electron chi connectivity index (χ2n) is 10.1. The summed E-state index contributed by atoms with van der Waals surface area (Å²) in [6, 6.07) is 0.346. The van der Waals surface area contributed by atoms with Gasteiger partial charge in [0.1, 0.15) is 6.10 Å². The second kappa shape index (κ2) is 6.63. The molecule has 4 rings (SSSR count). The minimum Gasteiger partial charge on any atom is -0.462 e. The van der Waals surface area contributed by atoms with Gasteiger partial charge >= 0.3 is 5.97 Å². The van der Waals surface area contributed by atoms with E-state index in [4.69, 9.17) is 4.74 Å². The van der Waals surface area contributed by atoms with Crippen molar-refractivity contribution in [3.63, 3.8) is 0 Å². The maximum absolute atomic E-state index is 11.7. The molecule has 3 saturated carbocycles. The van der Waals surface area contributed by atoms with Crippen LogP contribution < -0.4 is 5.32 Å². The fraction of sp³-hybridized carbons (Fsp3) is 0.826. The molecule has 0 aromatic heterocycles. The van der Waals surface area contributed by atoms with Crippen molar-refractivity contribution < 1.29 is 14.3 Å². The number of allylic oxidation sites excluding steroid dienone is 1. The Morgan fingerprint density at radius 2 is 1.85 bits per heavy atom. The molecular weight excluding hydrogens is 338 g/mol. The number of esters is 1. The number of ether oxygens (including phenoxy) is 1. The van der Waals surface area contributed by atoms with E-state index < -0.39 is 0 Å². The van der Waals surface area contributed by atoms with E-state index in [0.29, 0.717) is 12.0 Å². The second-order valence-corrected chi connectivity index (χ2v) is 10.1. The third-order valence-corrected chi connectivity index (χ3v) is 8.77. The van der Waals surface area contributed by atoms with Crippen LogP contribution >= 0.6 is 0 Å². The molecule has 4 nitrogen and oxygen atoms in total. The molecule has 0 heterocycles. The normalized spacial score (nSPS) is 45.8. The van der Waals surface area contributed by atoms with Gasteiger partial charge in [-0.3, -0.25) is 9.59 Å². The third-order valence-electron chi connectivity index (χ3n) is 8.77. The van der Waals surface area contributed by atoms with E-state index in [9.17, 15) is 9.59 Å². The molecule has 1 N–H and O–H groups in total. The van der Waals surface area contributed by atoms with E-state index in [1.165, 1.54) is 26.2 Å². The van der Waals surface area contributed by atoms with E-state index in [1.54, 1.807) is 12.5 Å². The largest absolute Gasteiger partial charge is 0.462 e. The number of carbonyl (C=O) groups excluding carboxylic acids is 2. The number of hydrogen-bond acceptors (Lipinski definition) is 3. The predicted molar refractivity (Wildman–Crippen MR) is 105 cm³/mol. The zero-order valence-electron chi connectivity index (χ0n) is 17.3. The topological polar surface area (TPSA) is 55.4 Å². The Hall–Kier alpha value is -1.32. The van der Waals surface area contributed by atoms with Gasteiger partial charge in [-0.1, -0.05) is 25.5 Å². The van der Waals surface area contributed by atoms with Crippen molar-refractivity contribution in [3.8, 4) is 0 Å². The van der Waals surface area contributed by atoms with Gasteiger partial charge in [0, 0.05) is 26.3 Å². The molecule has 0 aliphatic heterocycles. The average molecular weight is 374 g/mol. The number of amides is 1. The zero-order chi connectivity index (χ0) is 19.4. The van der Waals surface area contributed by atoms with Crippen LogP contribution in [0.15, 0.2) is 11.6 Å². The highest BCUT2D eigenvalue weighted by Gasteiger charge is 2.58. The van der Waals surface area contributed by atoms with E-state index in [1.807, 2.05) is 0 Å². The smallest absolute Gasteiger partial charge is 0.302 e. The van der Waals surface area contributed by atoms with E-state index in [0.717, 1.165) is 43.9 Å². The highest BCUT2D eigenvalue weighted by atomic mass is 16.5. The summed E-state index contributed by atoms with van der Waals surface area (Å²) >= 11 is 0. The van der Waals surface area contributed by atoms with Gasteiger partial charge in [0.05, 0.1) is 0 Å². The molecule has 0 saturated heterocycles. The van der Waals surface area contributed by atoms with Crippen LogP contribution in [0.5, 0.6) is 0 Å². The molecule has 4 aliphatic rings. The summed E-state index contributed by atoms with van der Waals surface area (Å²) in [5, 5.41) is 3.26. The van der Waals surface area contributed by atoms with Crippen LogP contribution in [-0.2, 0) is 14.3 Å². The highest BCUT2D eigenvalue weighted by molar-refractivity contribution is 5.73. The molecular formula is C23H35NO3. The van der Waals surface area contributed by atoms with Crippen LogP contribution in [0, 0.1) is 28.6 Å². The maximum atomic E-state index is 11.7. The average Bonchev–Trinajstić information content (AvgIpc) is 2.91. The number of carbonyl (C=O) groups is 2.